The van der Waals surface area contributed by atoms with Crippen LogP contribution >= 0.6 is 11.6 Å². The van der Waals surface area contributed by atoms with Gasteiger partial charge in [-0.3, -0.25) is 4.79 Å². The predicted molar refractivity (Wildman–Crippen MR) is 92.8 cm³/mol. The zero-order valence-electron chi connectivity index (χ0n) is 12.9. The number of primary amides is 1. The zero-order chi connectivity index (χ0) is 16.4. The van der Waals surface area contributed by atoms with Gasteiger partial charge in [0.1, 0.15) is 11.3 Å². The van der Waals surface area contributed by atoms with Crippen molar-refractivity contribution in [3.63, 3.8) is 0 Å². The second-order valence-electron chi connectivity index (χ2n) is 5.54. The first-order valence-electron chi connectivity index (χ1n) is 7.62. The van der Waals surface area contributed by atoms with Crippen molar-refractivity contribution >= 4 is 28.5 Å². The van der Waals surface area contributed by atoms with Crippen LogP contribution in [0.2, 0.25) is 5.02 Å². The minimum atomic E-state index is -0.519. The third-order valence-electron chi connectivity index (χ3n) is 3.87. The Morgan fingerprint density at radius 1 is 1.26 bits per heavy atom. The van der Waals surface area contributed by atoms with Crippen LogP contribution in [0.5, 0.6) is 0 Å². The molecule has 0 unspecified atom stereocenters. The first kappa shape index (κ1) is 15.6. The Kier molecular flexibility index (Phi) is 4.35. The first-order valence-corrected chi connectivity index (χ1v) is 8.00. The molecule has 0 spiro atoms. The van der Waals surface area contributed by atoms with Gasteiger partial charge in [-0.2, -0.15) is 0 Å². The molecule has 0 aliphatic rings. The van der Waals surface area contributed by atoms with E-state index in [1.165, 1.54) is 5.69 Å². The number of carbonyl (C=O) groups excluding carboxylic acids is 1. The lowest BCUT2D eigenvalue weighted by Gasteiger charge is -2.11. The summed E-state index contributed by atoms with van der Waals surface area (Å²) in [5, 5.41) is 1.73. The van der Waals surface area contributed by atoms with E-state index < -0.39 is 5.91 Å². The summed E-state index contributed by atoms with van der Waals surface area (Å²) in [7, 11) is 0. The topological polar surface area (TPSA) is 60.9 Å². The number of carbonyl (C=O) groups is 1. The van der Waals surface area contributed by atoms with Crippen LogP contribution in [-0.2, 0) is 13.0 Å². The molecule has 0 saturated carbocycles. The number of hydrogen-bond acceptors (Lipinski definition) is 2. The van der Waals surface area contributed by atoms with Crippen molar-refractivity contribution < 1.29 is 4.79 Å². The van der Waals surface area contributed by atoms with E-state index >= 15 is 0 Å². The van der Waals surface area contributed by atoms with E-state index in [0.717, 1.165) is 34.5 Å². The molecule has 2 N–H and O–H groups in total. The smallest absolute Gasteiger partial charge is 0.267 e. The van der Waals surface area contributed by atoms with Crippen molar-refractivity contribution in [1.82, 2.24) is 9.55 Å². The van der Waals surface area contributed by atoms with Crippen molar-refractivity contribution in [2.45, 2.75) is 26.3 Å². The number of pyridine rings is 1. The second-order valence-corrected chi connectivity index (χ2v) is 5.94. The molecular weight excluding hydrogens is 310 g/mol. The second kappa shape index (κ2) is 6.42. The number of fused-ring (bicyclic) bond motifs is 1. The molecule has 0 fully saturated rings. The summed E-state index contributed by atoms with van der Waals surface area (Å²) in [6, 6.07) is 13.4. The molecule has 4 nitrogen and oxygen atoms in total. The van der Waals surface area contributed by atoms with Gasteiger partial charge in [0.2, 0.25) is 0 Å². The number of aryl methyl sites for hydroxylation is 1. The van der Waals surface area contributed by atoms with E-state index in [0.29, 0.717) is 6.54 Å². The summed E-state index contributed by atoms with van der Waals surface area (Å²) in [4.78, 5) is 15.9. The molecular formula is C18H18ClN3O. The maximum Gasteiger partial charge on any atom is 0.267 e. The maximum absolute atomic E-state index is 11.4. The molecule has 23 heavy (non-hydrogen) atoms. The normalized spacial score (nSPS) is 11.0. The standard InChI is InChI=1S/C18H18ClN3O/c1-2-5-14-10-12-8-9-16(17(20)23)21-18(12)22(14)11-13-6-3-4-7-15(13)19/h3-4,6-10H,2,5,11H2,1H3,(H2,20,23). The van der Waals surface area contributed by atoms with Crippen molar-refractivity contribution in [3.05, 3.63) is 64.4 Å². The van der Waals surface area contributed by atoms with E-state index in [2.05, 4.69) is 22.5 Å². The Bertz CT molecular complexity index is 870. The lowest BCUT2D eigenvalue weighted by Crippen LogP contribution is -2.14. The van der Waals surface area contributed by atoms with Crippen LogP contribution in [0, 0.1) is 0 Å². The average molecular weight is 328 g/mol. The molecule has 0 aliphatic heterocycles. The Hall–Kier alpha value is -2.33. The van der Waals surface area contributed by atoms with Crippen molar-refractivity contribution in [3.8, 4) is 0 Å². The third kappa shape index (κ3) is 3.08. The number of hydrogen-bond donors (Lipinski definition) is 1. The minimum absolute atomic E-state index is 0.277. The Labute approximate surface area is 139 Å². The fraction of sp³-hybridized carbons (Fsp3) is 0.222. The van der Waals surface area contributed by atoms with Gasteiger partial charge in [0, 0.05) is 16.1 Å². The minimum Gasteiger partial charge on any atom is -0.364 e. The highest BCUT2D eigenvalue weighted by atomic mass is 35.5. The van der Waals surface area contributed by atoms with Crippen molar-refractivity contribution in [1.29, 1.82) is 0 Å². The molecule has 2 heterocycles. The van der Waals surface area contributed by atoms with Gasteiger partial charge in [0.15, 0.2) is 0 Å². The molecule has 3 aromatic rings. The monoisotopic (exact) mass is 327 g/mol. The number of benzene rings is 1. The first-order chi connectivity index (χ1) is 11.1. The van der Waals surface area contributed by atoms with Crippen molar-refractivity contribution in [2.24, 2.45) is 5.73 Å². The number of aromatic nitrogens is 2. The quantitative estimate of drug-likeness (QED) is 0.775. The van der Waals surface area contributed by atoms with Gasteiger partial charge in [-0.15, -0.1) is 0 Å². The van der Waals surface area contributed by atoms with Gasteiger partial charge >= 0.3 is 0 Å². The lowest BCUT2D eigenvalue weighted by molar-refractivity contribution is 0.0996. The highest BCUT2D eigenvalue weighted by Gasteiger charge is 2.13. The lowest BCUT2D eigenvalue weighted by atomic mass is 10.2. The van der Waals surface area contributed by atoms with Crippen LogP contribution in [0.3, 0.4) is 0 Å². The van der Waals surface area contributed by atoms with Gasteiger partial charge in [-0.05, 0) is 36.2 Å². The Morgan fingerprint density at radius 2 is 2.04 bits per heavy atom. The molecule has 0 atom stereocenters. The molecule has 1 amide bonds. The van der Waals surface area contributed by atoms with Gasteiger partial charge in [-0.1, -0.05) is 43.1 Å². The molecule has 118 valence electrons. The van der Waals surface area contributed by atoms with E-state index in [1.807, 2.05) is 30.3 Å². The zero-order valence-corrected chi connectivity index (χ0v) is 13.7. The van der Waals surface area contributed by atoms with Gasteiger partial charge in [0.25, 0.3) is 5.91 Å². The summed E-state index contributed by atoms with van der Waals surface area (Å²) in [6.07, 6.45) is 1.97. The highest BCUT2D eigenvalue weighted by molar-refractivity contribution is 6.31. The average Bonchev–Trinajstić information content (AvgIpc) is 2.87. The summed E-state index contributed by atoms with van der Waals surface area (Å²) in [5.74, 6) is -0.519. The van der Waals surface area contributed by atoms with Crippen molar-refractivity contribution in [2.75, 3.05) is 0 Å². The number of nitrogens with two attached hydrogens (primary N) is 1. The summed E-state index contributed by atoms with van der Waals surface area (Å²) >= 11 is 6.30. The maximum atomic E-state index is 11.4. The number of halogens is 1. The molecule has 2 aromatic heterocycles. The predicted octanol–water partition coefficient (Wildman–Crippen LogP) is 3.79. The molecule has 0 radical (unpaired) electrons. The van der Waals surface area contributed by atoms with Gasteiger partial charge in [0.05, 0.1) is 6.54 Å². The number of amides is 1. The Morgan fingerprint density at radius 3 is 2.74 bits per heavy atom. The van der Waals surface area contributed by atoms with Crippen LogP contribution in [0.15, 0.2) is 42.5 Å². The molecule has 1 aromatic carbocycles. The largest absolute Gasteiger partial charge is 0.364 e. The third-order valence-corrected chi connectivity index (χ3v) is 4.24. The molecule has 0 saturated heterocycles. The fourth-order valence-corrected chi connectivity index (χ4v) is 2.95. The van der Waals surface area contributed by atoms with E-state index in [4.69, 9.17) is 17.3 Å². The molecule has 0 aliphatic carbocycles. The number of rotatable bonds is 5. The van der Waals surface area contributed by atoms with Crippen LogP contribution in [0.4, 0.5) is 0 Å². The van der Waals surface area contributed by atoms with Crippen LogP contribution in [0.1, 0.15) is 35.1 Å². The van der Waals surface area contributed by atoms with Gasteiger partial charge < -0.3 is 10.3 Å². The Balaban J connectivity index is 2.15. The fourth-order valence-electron chi connectivity index (χ4n) is 2.76. The van der Waals surface area contributed by atoms with Crippen LogP contribution < -0.4 is 5.73 Å². The molecule has 3 rings (SSSR count). The summed E-state index contributed by atoms with van der Waals surface area (Å²) in [5.41, 5.74) is 8.61. The van der Waals surface area contributed by atoms with E-state index in [9.17, 15) is 4.79 Å². The summed E-state index contributed by atoms with van der Waals surface area (Å²) in [6.45, 7) is 2.76. The van der Waals surface area contributed by atoms with Crippen LogP contribution in [-0.4, -0.2) is 15.5 Å². The van der Waals surface area contributed by atoms with Gasteiger partial charge in [-0.25, -0.2) is 4.98 Å². The van der Waals surface area contributed by atoms with E-state index in [-0.39, 0.29) is 5.69 Å². The number of nitrogens with zero attached hydrogens (tertiary/aromatic N) is 2. The summed E-state index contributed by atoms with van der Waals surface area (Å²) < 4.78 is 2.12. The molecule has 5 heteroatoms. The SMILES string of the molecule is CCCc1cc2ccc(C(N)=O)nc2n1Cc1ccccc1Cl. The highest BCUT2D eigenvalue weighted by Crippen LogP contribution is 2.24. The molecule has 0 bridgehead atoms. The van der Waals surface area contributed by atoms with E-state index in [1.54, 1.807) is 6.07 Å². The van der Waals surface area contributed by atoms with Crippen LogP contribution in [0.25, 0.3) is 11.0 Å².